The first-order valence-electron chi connectivity index (χ1n) is 7.21. The van der Waals surface area contributed by atoms with Gasteiger partial charge in [-0.05, 0) is 46.5 Å². The summed E-state index contributed by atoms with van der Waals surface area (Å²) in [6.07, 6.45) is 3.74. The Morgan fingerprint density at radius 2 is 0.957 bits per heavy atom. The molecule has 3 nitrogen and oxygen atoms in total. The van der Waals surface area contributed by atoms with Crippen LogP contribution in [0.25, 0.3) is 23.3 Å². The van der Waals surface area contributed by atoms with Crippen molar-refractivity contribution < 1.29 is 15.3 Å². The van der Waals surface area contributed by atoms with Crippen LogP contribution >= 0.6 is 0 Å². The Morgan fingerprint density at radius 1 is 0.478 bits per heavy atom. The van der Waals surface area contributed by atoms with E-state index in [1.54, 1.807) is 24.3 Å². The van der Waals surface area contributed by atoms with Crippen molar-refractivity contribution in [3.8, 4) is 28.4 Å². The second-order valence-electron chi connectivity index (χ2n) is 5.28. The van der Waals surface area contributed by atoms with E-state index in [-0.39, 0.29) is 17.2 Å². The number of phenolic OH excluding ortho intramolecular Hbond substituents is 3. The van der Waals surface area contributed by atoms with Crippen LogP contribution < -0.4 is 0 Å². The summed E-state index contributed by atoms with van der Waals surface area (Å²) in [6.45, 7) is 0. The lowest BCUT2D eigenvalue weighted by atomic mass is 10.0. The van der Waals surface area contributed by atoms with E-state index in [1.807, 2.05) is 48.6 Å². The maximum atomic E-state index is 9.46. The summed E-state index contributed by atoms with van der Waals surface area (Å²) >= 11 is 0. The van der Waals surface area contributed by atoms with Crippen molar-refractivity contribution in [1.29, 1.82) is 0 Å². The third-order valence-electron chi connectivity index (χ3n) is 3.50. The van der Waals surface area contributed by atoms with Crippen LogP contribution in [-0.4, -0.2) is 15.3 Å². The molecule has 0 saturated carbocycles. The second-order valence-corrected chi connectivity index (χ2v) is 5.28. The molecule has 3 heteroatoms. The van der Waals surface area contributed by atoms with E-state index in [4.69, 9.17) is 0 Å². The average molecular weight is 304 g/mol. The summed E-state index contributed by atoms with van der Waals surface area (Å²) in [5.74, 6) is 0.322. The van der Waals surface area contributed by atoms with Crippen LogP contribution in [0.2, 0.25) is 0 Å². The highest BCUT2D eigenvalue weighted by atomic mass is 16.3. The fourth-order valence-electron chi connectivity index (χ4n) is 2.35. The molecule has 0 unspecified atom stereocenters. The topological polar surface area (TPSA) is 60.7 Å². The second kappa shape index (κ2) is 6.28. The maximum Gasteiger partial charge on any atom is 0.119 e. The van der Waals surface area contributed by atoms with Crippen molar-refractivity contribution in [2.75, 3.05) is 0 Å². The zero-order chi connectivity index (χ0) is 16.2. The van der Waals surface area contributed by atoms with Crippen LogP contribution in [-0.2, 0) is 0 Å². The lowest BCUT2D eigenvalue weighted by Crippen LogP contribution is -1.78. The van der Waals surface area contributed by atoms with Crippen molar-refractivity contribution in [3.05, 3.63) is 77.9 Å². The first-order chi connectivity index (χ1) is 11.1. The molecule has 0 aliphatic heterocycles. The van der Waals surface area contributed by atoms with Crippen molar-refractivity contribution in [2.24, 2.45) is 0 Å². The molecule has 0 aliphatic carbocycles. The van der Waals surface area contributed by atoms with Crippen molar-refractivity contribution in [3.63, 3.8) is 0 Å². The Labute approximate surface area is 134 Å². The van der Waals surface area contributed by atoms with Gasteiger partial charge >= 0.3 is 0 Å². The lowest BCUT2D eigenvalue weighted by molar-refractivity contribution is 0.450. The van der Waals surface area contributed by atoms with E-state index in [0.29, 0.717) is 0 Å². The van der Waals surface area contributed by atoms with E-state index in [1.165, 1.54) is 6.07 Å². The van der Waals surface area contributed by atoms with Gasteiger partial charge < -0.3 is 15.3 Å². The van der Waals surface area contributed by atoms with Gasteiger partial charge in [0.05, 0.1) is 0 Å². The number of hydrogen-bond acceptors (Lipinski definition) is 3. The number of aromatic hydroxyl groups is 3. The molecule has 3 aromatic rings. The SMILES string of the molecule is Oc1ccc(-c2ccc(/C=C/c3cc(O)cc(O)c3)cc2)cc1. The zero-order valence-electron chi connectivity index (χ0n) is 12.3. The smallest absolute Gasteiger partial charge is 0.119 e. The Hall–Kier alpha value is -3.20. The Kier molecular flexibility index (Phi) is 4.02. The highest BCUT2D eigenvalue weighted by Crippen LogP contribution is 2.24. The molecule has 0 amide bonds. The third-order valence-corrected chi connectivity index (χ3v) is 3.50. The van der Waals surface area contributed by atoms with Crippen LogP contribution in [0.1, 0.15) is 11.1 Å². The zero-order valence-corrected chi connectivity index (χ0v) is 12.3. The molecule has 23 heavy (non-hydrogen) atoms. The molecule has 3 aromatic carbocycles. The normalized spacial score (nSPS) is 11.0. The van der Waals surface area contributed by atoms with E-state index >= 15 is 0 Å². The predicted octanol–water partition coefficient (Wildman–Crippen LogP) is 4.64. The van der Waals surface area contributed by atoms with Gasteiger partial charge in [0.15, 0.2) is 0 Å². The minimum Gasteiger partial charge on any atom is -0.508 e. The molecule has 0 fully saturated rings. The van der Waals surface area contributed by atoms with Crippen LogP contribution in [0.4, 0.5) is 0 Å². The van der Waals surface area contributed by atoms with Crippen LogP contribution in [0.3, 0.4) is 0 Å². The molecule has 0 aliphatic rings. The van der Waals surface area contributed by atoms with Gasteiger partial charge in [-0.25, -0.2) is 0 Å². The molecule has 0 aromatic heterocycles. The molecule has 3 rings (SSSR count). The summed E-state index contributed by atoms with van der Waals surface area (Å²) in [7, 11) is 0. The fraction of sp³-hybridized carbons (Fsp3) is 0. The van der Waals surface area contributed by atoms with Crippen molar-refractivity contribution in [1.82, 2.24) is 0 Å². The van der Waals surface area contributed by atoms with E-state index in [2.05, 4.69) is 0 Å². The molecule has 114 valence electrons. The molecule has 0 heterocycles. The van der Waals surface area contributed by atoms with Crippen molar-refractivity contribution >= 4 is 12.2 Å². The first kappa shape index (κ1) is 14.7. The summed E-state index contributed by atoms with van der Waals surface area (Å²) < 4.78 is 0. The van der Waals surface area contributed by atoms with Gasteiger partial charge in [0.2, 0.25) is 0 Å². The summed E-state index contributed by atoms with van der Waals surface area (Å²) in [4.78, 5) is 0. The minimum atomic E-state index is 0.0346. The number of phenols is 3. The maximum absolute atomic E-state index is 9.46. The molecule has 0 saturated heterocycles. The molecular formula is C20H16O3. The summed E-state index contributed by atoms with van der Waals surface area (Å²) in [5, 5.41) is 28.2. The van der Waals surface area contributed by atoms with E-state index in [0.717, 1.165) is 22.3 Å². The first-order valence-corrected chi connectivity index (χ1v) is 7.21. The summed E-state index contributed by atoms with van der Waals surface area (Å²) in [5.41, 5.74) is 3.84. The number of benzene rings is 3. The average Bonchev–Trinajstić information content (AvgIpc) is 2.53. The van der Waals surface area contributed by atoms with Crippen LogP contribution in [0.15, 0.2) is 66.7 Å². The molecular weight excluding hydrogens is 288 g/mol. The largest absolute Gasteiger partial charge is 0.508 e. The van der Waals surface area contributed by atoms with Gasteiger partial charge in [0, 0.05) is 6.07 Å². The van der Waals surface area contributed by atoms with Gasteiger partial charge in [-0.3, -0.25) is 0 Å². The monoisotopic (exact) mass is 304 g/mol. The Morgan fingerprint density at radius 3 is 1.52 bits per heavy atom. The highest BCUT2D eigenvalue weighted by molar-refractivity contribution is 5.73. The fourth-order valence-corrected chi connectivity index (χ4v) is 2.35. The van der Waals surface area contributed by atoms with E-state index in [9.17, 15) is 15.3 Å². The van der Waals surface area contributed by atoms with Gasteiger partial charge in [-0.15, -0.1) is 0 Å². The van der Waals surface area contributed by atoms with Crippen LogP contribution in [0, 0.1) is 0 Å². The molecule has 0 radical (unpaired) electrons. The molecule has 0 bridgehead atoms. The molecule has 3 N–H and O–H groups in total. The van der Waals surface area contributed by atoms with Gasteiger partial charge in [-0.2, -0.15) is 0 Å². The highest BCUT2D eigenvalue weighted by Gasteiger charge is 1.98. The van der Waals surface area contributed by atoms with Crippen LogP contribution in [0.5, 0.6) is 17.2 Å². The molecule has 0 spiro atoms. The quantitative estimate of drug-likeness (QED) is 0.618. The number of rotatable bonds is 3. The minimum absolute atomic E-state index is 0.0346. The summed E-state index contributed by atoms with van der Waals surface area (Å²) in [6, 6.07) is 19.5. The third kappa shape index (κ3) is 3.71. The number of hydrogen-bond donors (Lipinski definition) is 3. The Bertz CT molecular complexity index is 812. The Balaban J connectivity index is 1.79. The van der Waals surface area contributed by atoms with Gasteiger partial charge in [0.25, 0.3) is 0 Å². The van der Waals surface area contributed by atoms with Crippen molar-refractivity contribution in [2.45, 2.75) is 0 Å². The standard InChI is InChI=1S/C20H16O3/c21-18-9-7-17(8-10-18)16-5-3-14(4-6-16)1-2-15-11-19(22)13-20(23)12-15/h1-13,21-23H/b2-1+. The molecule has 0 atom stereocenters. The van der Waals surface area contributed by atoms with E-state index < -0.39 is 0 Å². The van der Waals surface area contributed by atoms with Gasteiger partial charge in [-0.1, -0.05) is 48.6 Å². The predicted molar refractivity (Wildman–Crippen MR) is 92.2 cm³/mol. The lowest BCUT2D eigenvalue weighted by Gasteiger charge is -2.03. The van der Waals surface area contributed by atoms with Gasteiger partial charge in [0.1, 0.15) is 17.2 Å².